The Balaban J connectivity index is 2.77. The summed E-state index contributed by atoms with van der Waals surface area (Å²) in [6.45, 7) is 1.92. The van der Waals surface area contributed by atoms with Gasteiger partial charge in [0.15, 0.2) is 10.8 Å². The van der Waals surface area contributed by atoms with Crippen molar-refractivity contribution in [2.75, 3.05) is 14.2 Å². The fraction of sp³-hybridized carbons (Fsp3) is 0.615. The average Bonchev–Trinajstić information content (AvgIpc) is 2.65. The zero-order chi connectivity index (χ0) is 14.3. The maximum Gasteiger partial charge on any atom is 0.342 e. The molecule has 0 aromatic heterocycles. The minimum atomic E-state index is -1.40. The Hall–Kier alpha value is -1.89. The normalized spacial score (nSPS) is 35.6. The Bertz CT molecular complexity index is 550. The van der Waals surface area contributed by atoms with E-state index in [4.69, 9.17) is 15.2 Å². The van der Waals surface area contributed by atoms with Gasteiger partial charge in [0.25, 0.3) is 5.84 Å². The Morgan fingerprint density at radius 3 is 2.42 bits per heavy atom. The molecular formula is C13H17N4O2+. The van der Waals surface area contributed by atoms with Gasteiger partial charge < -0.3 is 9.47 Å². The van der Waals surface area contributed by atoms with Gasteiger partial charge in [0.2, 0.25) is 0 Å². The summed E-state index contributed by atoms with van der Waals surface area (Å²) in [5.74, 6) is -1.17. The lowest BCUT2D eigenvalue weighted by Gasteiger charge is -2.42. The summed E-state index contributed by atoms with van der Waals surface area (Å²) in [6.07, 6.45) is 2.68. The SMILES string of the molecule is COC1(OC)[NH+]=C(N)[C@]2(C#N)CC(C)=CC[C@@]12C#N. The Kier molecular flexibility index (Phi) is 2.89. The highest BCUT2D eigenvalue weighted by atomic mass is 16.7. The second kappa shape index (κ2) is 4.06. The molecule has 0 amide bonds. The molecule has 0 unspecified atom stereocenters. The molecule has 1 aliphatic carbocycles. The molecule has 0 bridgehead atoms. The summed E-state index contributed by atoms with van der Waals surface area (Å²) in [5.41, 5.74) is 4.70. The standard InChI is InChI=1S/C13H16N4O2/c1-9-4-5-12(8-15)11(6-9,7-14)10(16)17-13(12,18-2)19-3/h4H,5-6H2,1-3H3,(H2,16,17)/p+1/t11-,12+/m1/s1. The number of nitrogens with two attached hydrogens (primary N) is 1. The molecule has 6 heteroatoms. The molecule has 3 N–H and O–H groups in total. The van der Waals surface area contributed by atoms with Crippen LogP contribution >= 0.6 is 0 Å². The van der Waals surface area contributed by atoms with E-state index in [1.165, 1.54) is 14.2 Å². The quantitative estimate of drug-likeness (QED) is 0.497. The van der Waals surface area contributed by atoms with Crippen molar-refractivity contribution in [1.29, 1.82) is 10.5 Å². The number of allylic oxidation sites excluding steroid dienone is 2. The van der Waals surface area contributed by atoms with Gasteiger partial charge in [0.1, 0.15) is 0 Å². The van der Waals surface area contributed by atoms with Gasteiger partial charge in [-0.25, -0.2) is 4.99 Å². The number of rotatable bonds is 2. The third-order valence-corrected chi connectivity index (χ3v) is 4.31. The van der Waals surface area contributed by atoms with Crippen molar-refractivity contribution in [2.45, 2.75) is 25.7 Å². The molecule has 6 nitrogen and oxygen atoms in total. The number of nitrogens with zero attached hydrogens (tertiary/aromatic N) is 2. The highest BCUT2D eigenvalue weighted by molar-refractivity contribution is 5.88. The smallest absolute Gasteiger partial charge is 0.317 e. The minimum Gasteiger partial charge on any atom is -0.317 e. The van der Waals surface area contributed by atoms with E-state index in [0.29, 0.717) is 12.8 Å². The van der Waals surface area contributed by atoms with Crippen LogP contribution in [-0.2, 0) is 9.47 Å². The highest BCUT2D eigenvalue weighted by Gasteiger charge is 2.77. The summed E-state index contributed by atoms with van der Waals surface area (Å²) in [6, 6.07) is 4.46. The first-order chi connectivity index (χ1) is 8.97. The first-order valence-corrected chi connectivity index (χ1v) is 5.97. The molecule has 0 saturated carbocycles. The first-order valence-electron chi connectivity index (χ1n) is 5.97. The van der Waals surface area contributed by atoms with Gasteiger partial charge in [0.05, 0.1) is 12.1 Å². The summed E-state index contributed by atoms with van der Waals surface area (Å²) in [7, 11) is 2.86. The van der Waals surface area contributed by atoms with Gasteiger partial charge in [-0.1, -0.05) is 11.6 Å². The van der Waals surface area contributed by atoms with Gasteiger partial charge in [-0.3, -0.25) is 5.73 Å². The molecule has 0 aromatic carbocycles. The molecule has 0 radical (unpaired) electrons. The topological polar surface area (TPSA) is 106 Å². The molecule has 2 rings (SSSR count). The van der Waals surface area contributed by atoms with Gasteiger partial charge >= 0.3 is 5.91 Å². The van der Waals surface area contributed by atoms with Crippen molar-refractivity contribution in [3.8, 4) is 12.1 Å². The predicted octanol–water partition coefficient (Wildman–Crippen LogP) is -0.856. The van der Waals surface area contributed by atoms with E-state index >= 15 is 0 Å². The van der Waals surface area contributed by atoms with Crippen LogP contribution < -0.4 is 10.7 Å². The number of amidine groups is 1. The lowest BCUT2D eigenvalue weighted by molar-refractivity contribution is -0.690. The van der Waals surface area contributed by atoms with Crippen LogP contribution in [0.5, 0.6) is 0 Å². The van der Waals surface area contributed by atoms with Crippen LogP contribution in [0.2, 0.25) is 0 Å². The maximum absolute atomic E-state index is 9.75. The lowest BCUT2D eigenvalue weighted by atomic mass is 9.57. The van der Waals surface area contributed by atoms with Crippen LogP contribution in [0.3, 0.4) is 0 Å². The van der Waals surface area contributed by atoms with Crippen molar-refractivity contribution in [2.24, 2.45) is 16.6 Å². The minimum absolute atomic E-state index is 0.229. The van der Waals surface area contributed by atoms with Crippen LogP contribution in [0.25, 0.3) is 0 Å². The Labute approximate surface area is 112 Å². The van der Waals surface area contributed by atoms with E-state index in [2.05, 4.69) is 17.1 Å². The van der Waals surface area contributed by atoms with E-state index < -0.39 is 16.7 Å². The second-order valence-corrected chi connectivity index (χ2v) is 5.03. The van der Waals surface area contributed by atoms with Crippen molar-refractivity contribution in [3.05, 3.63) is 11.6 Å². The van der Waals surface area contributed by atoms with Crippen molar-refractivity contribution < 1.29 is 14.5 Å². The highest BCUT2D eigenvalue weighted by Crippen LogP contribution is 2.56. The van der Waals surface area contributed by atoms with Crippen LogP contribution in [-0.4, -0.2) is 26.0 Å². The van der Waals surface area contributed by atoms with Gasteiger partial charge in [-0.2, -0.15) is 10.5 Å². The first kappa shape index (κ1) is 13.5. The monoisotopic (exact) mass is 261 g/mol. The lowest BCUT2D eigenvalue weighted by Crippen LogP contribution is -2.90. The third-order valence-electron chi connectivity index (χ3n) is 4.31. The van der Waals surface area contributed by atoms with Crippen LogP contribution in [0, 0.1) is 33.5 Å². The summed E-state index contributed by atoms with van der Waals surface area (Å²) >= 11 is 0. The van der Waals surface area contributed by atoms with Crippen LogP contribution in [0.1, 0.15) is 19.8 Å². The number of hydrogen-bond acceptors (Lipinski definition) is 5. The number of fused-ring (bicyclic) bond motifs is 1. The maximum atomic E-state index is 9.75. The number of ether oxygens (including phenoxy) is 2. The van der Waals surface area contributed by atoms with E-state index in [1.54, 1.807) is 0 Å². The van der Waals surface area contributed by atoms with E-state index in [1.807, 2.05) is 13.0 Å². The number of nitriles is 2. The fourth-order valence-corrected chi connectivity index (χ4v) is 3.22. The van der Waals surface area contributed by atoms with E-state index in [-0.39, 0.29) is 5.84 Å². The molecule has 1 heterocycles. The van der Waals surface area contributed by atoms with Gasteiger partial charge in [-0.15, -0.1) is 0 Å². The van der Waals surface area contributed by atoms with Crippen LogP contribution in [0.15, 0.2) is 11.6 Å². The molecule has 2 atom stereocenters. The van der Waals surface area contributed by atoms with Crippen molar-refractivity contribution in [1.82, 2.24) is 0 Å². The molecular weight excluding hydrogens is 244 g/mol. The largest absolute Gasteiger partial charge is 0.342 e. The molecule has 0 saturated heterocycles. The second-order valence-electron chi connectivity index (χ2n) is 5.03. The Morgan fingerprint density at radius 2 is 1.95 bits per heavy atom. The van der Waals surface area contributed by atoms with E-state index in [9.17, 15) is 10.5 Å². The summed E-state index contributed by atoms with van der Waals surface area (Å²) < 4.78 is 10.8. The number of methoxy groups -OCH3 is 2. The van der Waals surface area contributed by atoms with E-state index in [0.717, 1.165) is 5.57 Å². The van der Waals surface area contributed by atoms with Crippen molar-refractivity contribution in [3.63, 3.8) is 0 Å². The summed E-state index contributed by atoms with van der Waals surface area (Å²) in [4.78, 5) is 2.88. The van der Waals surface area contributed by atoms with Gasteiger partial charge in [0, 0.05) is 20.6 Å². The predicted molar refractivity (Wildman–Crippen MR) is 66.0 cm³/mol. The van der Waals surface area contributed by atoms with Crippen LogP contribution in [0.4, 0.5) is 0 Å². The molecule has 1 aliphatic heterocycles. The number of hydrogen-bond donors (Lipinski definition) is 2. The third kappa shape index (κ3) is 1.28. The zero-order valence-electron chi connectivity index (χ0n) is 11.3. The number of nitrogens with one attached hydrogen (secondary N) is 1. The van der Waals surface area contributed by atoms with Gasteiger partial charge in [-0.05, 0) is 13.3 Å². The molecule has 0 fully saturated rings. The molecule has 0 aromatic rings. The molecule has 100 valence electrons. The Morgan fingerprint density at radius 1 is 1.32 bits per heavy atom. The average molecular weight is 261 g/mol. The zero-order valence-corrected chi connectivity index (χ0v) is 11.3. The fourth-order valence-electron chi connectivity index (χ4n) is 3.22. The summed E-state index contributed by atoms with van der Waals surface area (Å²) in [5, 5.41) is 19.4. The molecule has 19 heavy (non-hydrogen) atoms. The molecule has 0 spiro atoms. The molecule has 2 aliphatic rings. The van der Waals surface area contributed by atoms with Crippen molar-refractivity contribution >= 4 is 5.84 Å².